The van der Waals surface area contributed by atoms with E-state index in [2.05, 4.69) is 12.1 Å². The fourth-order valence-electron chi connectivity index (χ4n) is 4.04. The topological polar surface area (TPSA) is 95.4 Å². The van der Waals surface area contributed by atoms with Crippen LogP contribution >= 0.6 is 11.6 Å². The van der Waals surface area contributed by atoms with Gasteiger partial charge in [0, 0.05) is 11.5 Å². The van der Waals surface area contributed by atoms with Gasteiger partial charge in [-0.2, -0.15) is 0 Å². The first-order chi connectivity index (χ1) is 14.0. The van der Waals surface area contributed by atoms with Gasteiger partial charge < -0.3 is 16.2 Å². The number of halogens is 1. The third-order valence-electron chi connectivity index (χ3n) is 5.64. The van der Waals surface area contributed by atoms with E-state index in [-0.39, 0.29) is 29.8 Å². The molecule has 0 fully saturated rings. The van der Waals surface area contributed by atoms with Gasteiger partial charge in [-0.15, -0.1) is 11.6 Å². The number of benzene rings is 2. The summed E-state index contributed by atoms with van der Waals surface area (Å²) in [5, 5.41) is 0. The number of hydrogen-bond acceptors (Lipinski definition) is 5. The van der Waals surface area contributed by atoms with Gasteiger partial charge in [0.15, 0.2) is 11.3 Å². The molecule has 29 heavy (non-hydrogen) atoms. The maximum absolute atomic E-state index is 12.9. The molecule has 2 unspecified atom stereocenters. The van der Waals surface area contributed by atoms with Crippen molar-refractivity contribution < 1.29 is 14.3 Å². The van der Waals surface area contributed by atoms with Gasteiger partial charge in [0.1, 0.15) is 6.61 Å². The maximum Gasteiger partial charge on any atom is 0.332 e. The van der Waals surface area contributed by atoms with Crippen molar-refractivity contribution in [1.82, 2.24) is 0 Å². The van der Waals surface area contributed by atoms with E-state index >= 15 is 0 Å². The van der Waals surface area contributed by atoms with Gasteiger partial charge in [0.2, 0.25) is 0 Å². The quantitative estimate of drug-likeness (QED) is 0.585. The van der Waals surface area contributed by atoms with Crippen LogP contribution in [0.2, 0.25) is 0 Å². The number of ether oxygens (including phenoxy) is 1. The molecule has 2 aromatic carbocycles. The predicted molar refractivity (Wildman–Crippen MR) is 113 cm³/mol. The van der Waals surface area contributed by atoms with Gasteiger partial charge in [-0.1, -0.05) is 66.8 Å². The van der Waals surface area contributed by atoms with Crippen molar-refractivity contribution in [3.8, 4) is 11.1 Å². The minimum atomic E-state index is -1.62. The maximum atomic E-state index is 12.9. The monoisotopic (exact) mass is 408 g/mol. The Hall–Kier alpha value is -2.73. The SMILES string of the molecule is NC1C(C(=O)CCl)=CC=CC1(N)C(=O)OCC1c2ccccc2-c2ccccc21. The lowest BCUT2D eigenvalue weighted by atomic mass is 9.81. The number of carbonyl (C=O) groups is 2. The average Bonchev–Trinajstić information content (AvgIpc) is 3.07. The third-order valence-corrected chi connectivity index (χ3v) is 5.88. The first-order valence-corrected chi connectivity index (χ1v) is 9.89. The molecule has 0 saturated heterocycles. The summed E-state index contributed by atoms with van der Waals surface area (Å²) >= 11 is 5.64. The Labute approximate surface area is 174 Å². The molecular formula is C23H21ClN2O3. The Morgan fingerprint density at radius 2 is 1.62 bits per heavy atom. The van der Waals surface area contributed by atoms with Crippen molar-refractivity contribution in [3.63, 3.8) is 0 Å². The van der Waals surface area contributed by atoms with Crippen LogP contribution < -0.4 is 11.5 Å². The lowest BCUT2D eigenvalue weighted by Crippen LogP contribution is -2.62. The number of ketones is 1. The second kappa shape index (κ2) is 7.59. The zero-order valence-corrected chi connectivity index (χ0v) is 16.4. The van der Waals surface area contributed by atoms with Crippen LogP contribution in [0.5, 0.6) is 0 Å². The summed E-state index contributed by atoms with van der Waals surface area (Å²) in [6.07, 6.45) is 4.56. The van der Waals surface area contributed by atoms with E-state index < -0.39 is 17.6 Å². The number of alkyl halides is 1. The van der Waals surface area contributed by atoms with E-state index in [0.29, 0.717) is 0 Å². The van der Waals surface area contributed by atoms with Crippen LogP contribution in [0.1, 0.15) is 17.0 Å². The van der Waals surface area contributed by atoms with Crippen LogP contribution in [0.25, 0.3) is 11.1 Å². The number of fused-ring (bicyclic) bond motifs is 3. The van der Waals surface area contributed by atoms with E-state index in [1.807, 2.05) is 36.4 Å². The molecule has 4 N–H and O–H groups in total. The van der Waals surface area contributed by atoms with Gasteiger partial charge in [-0.05, 0) is 22.3 Å². The highest BCUT2D eigenvalue weighted by Gasteiger charge is 2.44. The Morgan fingerprint density at radius 3 is 2.21 bits per heavy atom. The fraction of sp³-hybridized carbons (Fsp3) is 0.217. The van der Waals surface area contributed by atoms with Gasteiger partial charge in [-0.3, -0.25) is 4.79 Å². The number of esters is 1. The van der Waals surface area contributed by atoms with Crippen molar-refractivity contribution >= 4 is 23.4 Å². The summed E-state index contributed by atoms with van der Waals surface area (Å²) in [6.45, 7) is 0.134. The summed E-state index contributed by atoms with van der Waals surface area (Å²) in [5.74, 6) is -1.34. The van der Waals surface area contributed by atoms with E-state index in [9.17, 15) is 9.59 Å². The fourth-order valence-corrected chi connectivity index (χ4v) is 4.19. The number of Topliss-reactive ketones (excluding diaryl/α,β-unsaturated/α-hetero) is 1. The van der Waals surface area contributed by atoms with Crippen LogP contribution in [0.15, 0.2) is 72.3 Å². The number of carbonyl (C=O) groups excluding carboxylic acids is 2. The van der Waals surface area contributed by atoms with Crippen LogP contribution in [0.4, 0.5) is 0 Å². The molecule has 0 amide bonds. The second-order valence-electron chi connectivity index (χ2n) is 7.27. The largest absolute Gasteiger partial charge is 0.463 e. The summed E-state index contributed by atoms with van der Waals surface area (Å²) in [5.41, 5.74) is 15.5. The number of allylic oxidation sites excluding steroid dienone is 2. The molecule has 2 aliphatic carbocycles. The van der Waals surface area contributed by atoms with E-state index in [4.69, 9.17) is 27.8 Å². The molecule has 0 bridgehead atoms. The summed E-state index contributed by atoms with van der Waals surface area (Å²) in [6, 6.07) is 15.1. The number of nitrogens with two attached hydrogens (primary N) is 2. The van der Waals surface area contributed by atoms with Crippen LogP contribution in [0, 0.1) is 0 Å². The lowest BCUT2D eigenvalue weighted by molar-refractivity contribution is -0.149. The predicted octanol–water partition coefficient (Wildman–Crippen LogP) is 2.67. The molecule has 5 nitrogen and oxygen atoms in total. The number of hydrogen-bond donors (Lipinski definition) is 2. The molecule has 0 aromatic heterocycles. The molecular weight excluding hydrogens is 388 g/mol. The van der Waals surface area contributed by atoms with Gasteiger partial charge in [0.05, 0.1) is 11.9 Å². The molecule has 148 valence electrons. The van der Waals surface area contributed by atoms with Gasteiger partial charge in [-0.25, -0.2) is 4.79 Å². The number of rotatable bonds is 5. The van der Waals surface area contributed by atoms with Crippen molar-refractivity contribution in [3.05, 3.63) is 83.5 Å². The van der Waals surface area contributed by atoms with E-state index in [0.717, 1.165) is 22.3 Å². The Bertz CT molecular complexity index is 1000. The average molecular weight is 409 g/mol. The highest BCUT2D eigenvalue weighted by molar-refractivity contribution is 6.30. The molecule has 2 aliphatic rings. The molecule has 0 heterocycles. The van der Waals surface area contributed by atoms with Crippen molar-refractivity contribution in [2.75, 3.05) is 12.5 Å². The van der Waals surface area contributed by atoms with Crippen LogP contribution in [-0.2, 0) is 14.3 Å². The second-order valence-corrected chi connectivity index (χ2v) is 7.54. The molecule has 0 spiro atoms. The van der Waals surface area contributed by atoms with E-state index in [1.165, 1.54) is 12.2 Å². The normalized spacial score (nSPS) is 22.6. The van der Waals surface area contributed by atoms with Crippen molar-refractivity contribution in [2.45, 2.75) is 17.5 Å². The van der Waals surface area contributed by atoms with Crippen molar-refractivity contribution in [1.29, 1.82) is 0 Å². The van der Waals surface area contributed by atoms with Gasteiger partial charge in [0.25, 0.3) is 0 Å². The molecule has 0 saturated carbocycles. The smallest absolute Gasteiger partial charge is 0.332 e. The standard InChI is InChI=1S/C23H21ClN2O3/c24-12-20(27)18-10-5-11-23(26,21(18)25)22(28)29-13-19-16-8-3-1-6-14(16)15-7-2-4-9-17(15)19/h1-11,19,21H,12-13,25-26H2. The highest BCUT2D eigenvalue weighted by atomic mass is 35.5. The first kappa shape index (κ1) is 19.6. The highest BCUT2D eigenvalue weighted by Crippen LogP contribution is 2.44. The van der Waals surface area contributed by atoms with Crippen LogP contribution in [0.3, 0.4) is 0 Å². The Balaban J connectivity index is 1.56. The summed E-state index contributed by atoms with van der Waals surface area (Å²) in [7, 11) is 0. The zero-order chi connectivity index (χ0) is 20.6. The Kier molecular flexibility index (Phi) is 5.13. The van der Waals surface area contributed by atoms with Gasteiger partial charge >= 0.3 is 5.97 Å². The molecule has 0 aliphatic heterocycles. The minimum Gasteiger partial charge on any atom is -0.463 e. The summed E-state index contributed by atoms with van der Waals surface area (Å²) < 4.78 is 5.65. The first-order valence-electron chi connectivity index (χ1n) is 9.36. The molecule has 2 aromatic rings. The summed E-state index contributed by atoms with van der Waals surface area (Å²) in [4.78, 5) is 24.9. The lowest BCUT2D eigenvalue weighted by Gasteiger charge is -2.33. The Morgan fingerprint density at radius 1 is 1.03 bits per heavy atom. The van der Waals surface area contributed by atoms with Crippen molar-refractivity contribution in [2.24, 2.45) is 11.5 Å². The minimum absolute atomic E-state index is 0.0850. The molecule has 2 atom stereocenters. The molecule has 0 radical (unpaired) electrons. The molecule has 4 rings (SSSR count). The molecule has 6 heteroatoms. The third kappa shape index (κ3) is 3.21. The van der Waals surface area contributed by atoms with E-state index in [1.54, 1.807) is 6.08 Å². The zero-order valence-electron chi connectivity index (χ0n) is 15.7. The van der Waals surface area contributed by atoms with Crippen LogP contribution in [-0.4, -0.2) is 35.8 Å².